The van der Waals surface area contributed by atoms with Crippen LogP contribution in [0.5, 0.6) is 0 Å². The van der Waals surface area contributed by atoms with Gasteiger partial charge in [-0.05, 0) is 16.3 Å². The van der Waals surface area contributed by atoms with Gasteiger partial charge in [0.2, 0.25) is 0 Å². The van der Waals surface area contributed by atoms with Gasteiger partial charge in [0.25, 0.3) is 0 Å². The van der Waals surface area contributed by atoms with Gasteiger partial charge in [-0.1, -0.05) is 42.5 Å². The van der Waals surface area contributed by atoms with Crippen molar-refractivity contribution < 1.29 is 4.74 Å². The van der Waals surface area contributed by atoms with Crippen LogP contribution in [0, 0.1) is 0 Å². The third-order valence-electron chi connectivity index (χ3n) is 4.34. The number of ether oxygens (including phenoxy) is 1. The standard InChI is InChI=1S/C19H19N3O/c1-2-7-17-15(4-1)5-3-6-16(17)13-22-10-11-23-19(14-22)18-12-20-8-9-21-18/h1-9,12,19H,10-11,13-14H2. The van der Waals surface area contributed by atoms with Crippen molar-refractivity contribution in [2.75, 3.05) is 19.7 Å². The summed E-state index contributed by atoms with van der Waals surface area (Å²) in [5.74, 6) is 0. The van der Waals surface area contributed by atoms with Crippen molar-refractivity contribution in [1.29, 1.82) is 0 Å². The van der Waals surface area contributed by atoms with Crippen LogP contribution in [0.2, 0.25) is 0 Å². The van der Waals surface area contributed by atoms with Crippen LogP contribution in [0.4, 0.5) is 0 Å². The average molecular weight is 305 g/mol. The summed E-state index contributed by atoms with van der Waals surface area (Å²) in [4.78, 5) is 11.0. The van der Waals surface area contributed by atoms with Gasteiger partial charge >= 0.3 is 0 Å². The molecule has 1 unspecified atom stereocenters. The van der Waals surface area contributed by atoms with Crippen molar-refractivity contribution in [2.24, 2.45) is 0 Å². The van der Waals surface area contributed by atoms with Crippen molar-refractivity contribution in [3.63, 3.8) is 0 Å². The Labute approximate surface area is 135 Å². The molecule has 1 aromatic heterocycles. The first-order chi connectivity index (χ1) is 11.4. The van der Waals surface area contributed by atoms with Crippen molar-refractivity contribution in [1.82, 2.24) is 14.9 Å². The Hall–Kier alpha value is -2.30. The van der Waals surface area contributed by atoms with E-state index in [9.17, 15) is 0 Å². The van der Waals surface area contributed by atoms with E-state index in [2.05, 4.69) is 57.3 Å². The van der Waals surface area contributed by atoms with Crippen LogP contribution in [0.25, 0.3) is 10.8 Å². The molecule has 1 saturated heterocycles. The molecule has 0 amide bonds. The molecule has 0 bridgehead atoms. The Bertz CT molecular complexity index is 785. The SMILES string of the molecule is c1ccc2c(CN3CCOC(c4cnccn4)C3)cccc2c1. The minimum atomic E-state index is 0.00688. The van der Waals surface area contributed by atoms with Crippen molar-refractivity contribution in [3.05, 3.63) is 72.3 Å². The van der Waals surface area contributed by atoms with Gasteiger partial charge in [0.15, 0.2) is 0 Å². The molecule has 0 saturated carbocycles. The molecule has 4 rings (SSSR count). The monoisotopic (exact) mass is 305 g/mol. The molecule has 4 nitrogen and oxygen atoms in total. The molecule has 116 valence electrons. The number of benzene rings is 2. The van der Waals surface area contributed by atoms with E-state index in [0.29, 0.717) is 0 Å². The van der Waals surface area contributed by atoms with Crippen LogP contribution in [-0.2, 0) is 11.3 Å². The summed E-state index contributed by atoms with van der Waals surface area (Å²) >= 11 is 0. The molecule has 1 aliphatic heterocycles. The molecular weight excluding hydrogens is 286 g/mol. The highest BCUT2D eigenvalue weighted by molar-refractivity contribution is 5.85. The van der Waals surface area contributed by atoms with E-state index in [0.717, 1.165) is 31.9 Å². The number of fused-ring (bicyclic) bond motifs is 1. The van der Waals surface area contributed by atoms with Gasteiger partial charge in [0.1, 0.15) is 6.10 Å². The predicted octanol–water partition coefficient (Wildman–Crippen LogP) is 3.20. The summed E-state index contributed by atoms with van der Waals surface area (Å²) in [6.07, 6.45) is 5.22. The molecule has 0 N–H and O–H groups in total. The predicted molar refractivity (Wildman–Crippen MR) is 90.0 cm³/mol. The Morgan fingerprint density at radius 1 is 1.09 bits per heavy atom. The fourth-order valence-electron chi connectivity index (χ4n) is 3.17. The lowest BCUT2D eigenvalue weighted by Gasteiger charge is -2.32. The van der Waals surface area contributed by atoms with Gasteiger partial charge in [-0.25, -0.2) is 0 Å². The second kappa shape index (κ2) is 6.44. The number of nitrogens with zero attached hydrogens (tertiary/aromatic N) is 3. The minimum absolute atomic E-state index is 0.00688. The zero-order valence-electron chi connectivity index (χ0n) is 12.9. The molecular formula is C19H19N3O. The van der Waals surface area contributed by atoms with Crippen LogP contribution in [0.15, 0.2) is 61.1 Å². The van der Waals surface area contributed by atoms with Crippen LogP contribution in [0.1, 0.15) is 17.4 Å². The summed E-state index contributed by atoms with van der Waals surface area (Å²) < 4.78 is 5.88. The van der Waals surface area contributed by atoms with Gasteiger partial charge in [-0.3, -0.25) is 14.9 Å². The van der Waals surface area contributed by atoms with E-state index in [-0.39, 0.29) is 6.10 Å². The van der Waals surface area contributed by atoms with E-state index in [1.54, 1.807) is 18.6 Å². The molecule has 1 fully saturated rings. The zero-order valence-corrected chi connectivity index (χ0v) is 12.9. The highest BCUT2D eigenvalue weighted by Gasteiger charge is 2.23. The third-order valence-corrected chi connectivity index (χ3v) is 4.34. The number of aromatic nitrogens is 2. The van der Waals surface area contributed by atoms with E-state index in [1.807, 2.05) is 0 Å². The van der Waals surface area contributed by atoms with Crippen LogP contribution < -0.4 is 0 Å². The van der Waals surface area contributed by atoms with Crippen LogP contribution in [0.3, 0.4) is 0 Å². The summed E-state index contributed by atoms with van der Waals surface area (Å²) in [5, 5.41) is 2.63. The molecule has 3 aromatic rings. The maximum atomic E-state index is 5.88. The average Bonchev–Trinajstić information content (AvgIpc) is 2.63. The van der Waals surface area contributed by atoms with E-state index in [1.165, 1.54) is 16.3 Å². The Morgan fingerprint density at radius 3 is 2.91 bits per heavy atom. The summed E-state index contributed by atoms with van der Waals surface area (Å²) in [7, 11) is 0. The second-order valence-corrected chi connectivity index (χ2v) is 5.86. The number of rotatable bonds is 3. The fraction of sp³-hybridized carbons (Fsp3) is 0.263. The molecule has 1 aliphatic rings. The normalized spacial score (nSPS) is 19.0. The summed E-state index contributed by atoms with van der Waals surface area (Å²) in [6, 6.07) is 15.1. The van der Waals surface area contributed by atoms with Gasteiger partial charge in [0, 0.05) is 32.0 Å². The molecule has 0 spiro atoms. The highest BCUT2D eigenvalue weighted by atomic mass is 16.5. The minimum Gasteiger partial charge on any atom is -0.369 e. The van der Waals surface area contributed by atoms with Crippen molar-refractivity contribution in [3.8, 4) is 0 Å². The largest absolute Gasteiger partial charge is 0.369 e. The van der Waals surface area contributed by atoms with Crippen LogP contribution in [-0.4, -0.2) is 34.6 Å². The molecule has 2 aromatic carbocycles. The van der Waals surface area contributed by atoms with Crippen molar-refractivity contribution in [2.45, 2.75) is 12.6 Å². The third kappa shape index (κ3) is 3.09. The number of hydrogen-bond donors (Lipinski definition) is 0. The lowest BCUT2D eigenvalue weighted by molar-refractivity contribution is -0.0350. The lowest BCUT2D eigenvalue weighted by Crippen LogP contribution is -2.38. The molecule has 0 aliphatic carbocycles. The first-order valence-corrected chi connectivity index (χ1v) is 7.97. The van der Waals surface area contributed by atoms with E-state index in [4.69, 9.17) is 4.74 Å². The van der Waals surface area contributed by atoms with Crippen LogP contribution >= 0.6 is 0 Å². The molecule has 2 heterocycles. The zero-order chi connectivity index (χ0) is 15.5. The quantitative estimate of drug-likeness (QED) is 0.745. The Morgan fingerprint density at radius 2 is 2.00 bits per heavy atom. The maximum Gasteiger partial charge on any atom is 0.114 e. The topological polar surface area (TPSA) is 38.2 Å². The molecule has 23 heavy (non-hydrogen) atoms. The number of hydrogen-bond acceptors (Lipinski definition) is 4. The molecule has 0 radical (unpaired) electrons. The van der Waals surface area contributed by atoms with Gasteiger partial charge < -0.3 is 4.74 Å². The number of morpholine rings is 1. The first-order valence-electron chi connectivity index (χ1n) is 7.97. The fourth-order valence-corrected chi connectivity index (χ4v) is 3.17. The molecule has 4 heteroatoms. The van der Waals surface area contributed by atoms with Gasteiger partial charge in [0.05, 0.1) is 18.5 Å². The van der Waals surface area contributed by atoms with Crippen molar-refractivity contribution >= 4 is 10.8 Å². The second-order valence-electron chi connectivity index (χ2n) is 5.86. The van der Waals surface area contributed by atoms with E-state index >= 15 is 0 Å². The lowest BCUT2D eigenvalue weighted by atomic mass is 10.0. The maximum absolute atomic E-state index is 5.88. The molecule has 1 atom stereocenters. The Balaban J connectivity index is 1.54. The van der Waals surface area contributed by atoms with Gasteiger partial charge in [-0.15, -0.1) is 0 Å². The summed E-state index contributed by atoms with van der Waals surface area (Å²) in [6.45, 7) is 3.45. The Kier molecular flexibility index (Phi) is 4.01. The highest BCUT2D eigenvalue weighted by Crippen LogP contribution is 2.24. The first kappa shape index (κ1) is 14.3. The van der Waals surface area contributed by atoms with Gasteiger partial charge in [-0.2, -0.15) is 0 Å². The summed E-state index contributed by atoms with van der Waals surface area (Å²) in [5.41, 5.74) is 2.28. The van der Waals surface area contributed by atoms with E-state index < -0.39 is 0 Å². The smallest absolute Gasteiger partial charge is 0.114 e.